The van der Waals surface area contributed by atoms with Crippen LogP contribution in [0.1, 0.15) is 126 Å². The fraction of sp³-hybridized carbons (Fsp3) is 0.297. The lowest BCUT2D eigenvalue weighted by molar-refractivity contribution is -0.132. The average Bonchev–Trinajstić information content (AvgIpc) is 0.693. The number of rotatable bonds is 12. The number of nitrogens with two attached hydrogens (primary N) is 3. The van der Waals surface area contributed by atoms with Gasteiger partial charge in [0.25, 0.3) is 22.6 Å². The largest absolute Gasteiger partial charge is 0.397 e. The molecule has 0 radical (unpaired) electrons. The summed E-state index contributed by atoms with van der Waals surface area (Å²) in [7, 11) is 1.46. The number of benzene rings is 6. The molecule has 6 aromatic heterocycles. The molecule has 12 aromatic rings. The van der Waals surface area contributed by atoms with Gasteiger partial charge in [0.2, 0.25) is 23.6 Å². The van der Waals surface area contributed by atoms with Gasteiger partial charge in [0.15, 0.2) is 34.9 Å². The van der Waals surface area contributed by atoms with Crippen LogP contribution in [0.25, 0.3) is 83.2 Å². The molecule has 6 atom stereocenters. The molecule has 40 heteroatoms. The highest BCUT2D eigenvalue weighted by Gasteiger charge is 2.50. The molecular formula is C101H92Cl9F6N17O8. The Bertz CT molecular complexity index is 7630. The van der Waals surface area contributed by atoms with Crippen LogP contribution in [0.15, 0.2) is 126 Å². The number of fused-ring (bicyclic) bond motifs is 15. The van der Waals surface area contributed by atoms with Gasteiger partial charge in [-0.1, -0.05) is 166 Å². The quantitative estimate of drug-likeness (QED) is 0.0382. The number of carbonyl (C=O) groups excluding carboxylic acids is 5. The van der Waals surface area contributed by atoms with Crippen LogP contribution in [-0.2, 0) is 30.4 Å². The van der Waals surface area contributed by atoms with Crippen molar-refractivity contribution in [2.45, 2.75) is 150 Å². The van der Waals surface area contributed by atoms with Gasteiger partial charge >= 0.3 is 0 Å². The third-order valence-corrected chi connectivity index (χ3v) is 29.6. The molecule has 18 rings (SSSR count). The fourth-order valence-corrected chi connectivity index (χ4v) is 22.5. The van der Waals surface area contributed by atoms with E-state index in [0.29, 0.717) is 87.7 Å². The average molecular weight is 2110 g/mol. The molecule has 6 unspecified atom stereocenters. The van der Waals surface area contributed by atoms with Crippen LogP contribution in [0.4, 0.5) is 71.8 Å². The maximum atomic E-state index is 17.6. The fourth-order valence-electron chi connectivity index (χ4n) is 20.3. The van der Waals surface area contributed by atoms with E-state index < -0.39 is 125 Å². The number of nitrogens with one attached hydrogen (secondary N) is 1. The monoisotopic (exact) mass is 2100 g/mol. The van der Waals surface area contributed by atoms with Crippen molar-refractivity contribution < 1.29 is 50.3 Å². The van der Waals surface area contributed by atoms with Crippen LogP contribution >= 0.6 is 104 Å². The summed E-state index contributed by atoms with van der Waals surface area (Å²) >= 11 is 57.6. The van der Waals surface area contributed by atoms with Crippen LogP contribution in [0.5, 0.6) is 0 Å². The summed E-state index contributed by atoms with van der Waals surface area (Å²) in [5.74, 6) is -8.58. The molecule has 5 amide bonds. The van der Waals surface area contributed by atoms with Gasteiger partial charge in [0.1, 0.15) is 23.5 Å². The van der Waals surface area contributed by atoms with Crippen LogP contribution in [0, 0.1) is 55.7 Å². The standard InChI is InChI=1S/C34H31Cl3F2N6O3.C34H32Cl3F2N5O2.C33H29Cl3F2N6O3/c1-7-22(46)43-13-21-33(47)42(6)32-31(44(21)12-16(43)5)17-10-18(35)23(24-25(38)19(36)11-20(37)27(24)40)26(39)30(17)45(34(32)48)29-15(4)8-9-41-28(29)14(2)3;1-6-24(45)42-14-18-7-8-19-32(43(18)13-17(42)5)20-11-21(35)25(26-27(38)22(36)12-23(37)29(26)40)28(39)33(20)44(34(19)46)31-16(4)9-10-41-30(31)15(2)3;1-6-21(45)42-12-20-32(46)41-28-31(43(20)11-15(42)5)16-9-17(34)22(23-24(37)18(35)10-19(36)26(23)39)25(38)30(16)44(33(28)47)29-14(4)7-8-40-27(29)13(2)3/h7-11,14,16,21H,1,12-13,40H2,2-6H3;6,9-12,15,17-18H,1,7-8,13-14,40H2,2-5H3;6-10,13,15,20H,1,11-12,39H2,2-5H3,(H,41,46). The number of aromatic nitrogens is 6. The number of likely N-dealkylation sites (N-methyl/N-ethyl adjacent to an activating group) is 1. The third kappa shape index (κ3) is 16.7. The normalized spacial score (nSPS) is 17.7. The number of anilines is 8. The molecule has 734 valence electrons. The van der Waals surface area contributed by atoms with Crippen LogP contribution in [0.3, 0.4) is 0 Å². The zero-order chi connectivity index (χ0) is 103. The van der Waals surface area contributed by atoms with Crippen molar-refractivity contribution in [1.82, 2.24) is 43.4 Å². The number of nitrogen functional groups attached to an aromatic ring is 3. The molecule has 12 heterocycles. The second-order valence-corrected chi connectivity index (χ2v) is 40.2. The lowest BCUT2D eigenvalue weighted by Crippen LogP contribution is -2.66. The van der Waals surface area contributed by atoms with Gasteiger partial charge in [-0.2, -0.15) is 0 Å². The molecule has 3 fully saturated rings. The van der Waals surface area contributed by atoms with Crippen molar-refractivity contribution in [3.05, 3.63) is 262 Å². The number of hydrogen-bond acceptors (Lipinski definition) is 17. The van der Waals surface area contributed by atoms with Gasteiger partial charge in [-0.25, -0.2) is 26.3 Å². The van der Waals surface area contributed by atoms with Gasteiger partial charge in [-0.3, -0.25) is 67.0 Å². The molecule has 25 nitrogen and oxygen atoms in total. The Morgan fingerprint density at radius 3 is 1.12 bits per heavy atom. The molecule has 141 heavy (non-hydrogen) atoms. The Hall–Kier alpha value is -12.0. The number of carbonyl (C=O) groups is 5. The van der Waals surface area contributed by atoms with Gasteiger partial charge in [0.05, 0.1) is 143 Å². The predicted octanol–water partition coefficient (Wildman–Crippen LogP) is 21.6. The number of piperazine rings is 3. The summed E-state index contributed by atoms with van der Waals surface area (Å²) in [5.41, 5.74) is 18.5. The third-order valence-electron chi connectivity index (χ3n) is 27.0. The number of aryl methyl sites for hydroxylation is 3. The first-order chi connectivity index (χ1) is 66.6. The molecule has 0 bridgehead atoms. The second-order valence-electron chi connectivity index (χ2n) is 36.6. The van der Waals surface area contributed by atoms with Gasteiger partial charge in [-0.15, -0.1) is 0 Å². The van der Waals surface area contributed by atoms with Crippen molar-refractivity contribution in [3.8, 4) is 50.4 Å². The van der Waals surface area contributed by atoms with E-state index in [1.54, 1.807) is 85.3 Å². The smallest absolute Gasteiger partial charge is 0.281 e. The highest BCUT2D eigenvalue weighted by molar-refractivity contribution is 6.41. The van der Waals surface area contributed by atoms with Crippen molar-refractivity contribution in [3.63, 3.8) is 0 Å². The van der Waals surface area contributed by atoms with E-state index in [1.165, 1.54) is 61.2 Å². The first kappa shape index (κ1) is 102. The van der Waals surface area contributed by atoms with E-state index in [9.17, 15) is 38.4 Å². The second kappa shape index (κ2) is 38.7. The number of pyridine rings is 6. The Balaban J connectivity index is 0.000000152. The SMILES string of the molecule is C=CC(=O)N1CC2C(=O)N(C)c3c(c4cc(Cl)c(-c5c(N)c(Cl)cc(Cl)c5F)c(F)c4n(-c4c(C)ccnc4C(C)C)c3=O)N2CC1C.C=CC(=O)N1CC2C(=O)Nc3c(c4cc(Cl)c(-c5c(N)c(Cl)cc(Cl)c5F)c(F)c4n(-c4c(C)ccnc4C(C)C)c3=O)N2CC1C.C=CC(=O)N1CC2CCc3c(c4cc(Cl)c(-c5c(N)c(Cl)cc(Cl)c5F)c(F)c4n(-c4c(C)ccnc4C(C)C)c3=O)N2CC1C. The minimum absolute atomic E-state index is 0.00449. The molecule has 0 aliphatic carbocycles. The minimum Gasteiger partial charge on any atom is -0.397 e. The lowest BCUT2D eigenvalue weighted by atomic mass is 9.89. The molecule has 6 aliphatic heterocycles. The van der Waals surface area contributed by atoms with Crippen LogP contribution in [0.2, 0.25) is 45.2 Å². The van der Waals surface area contributed by atoms with E-state index in [2.05, 4.69) is 44.9 Å². The summed E-state index contributed by atoms with van der Waals surface area (Å²) < 4.78 is 103. The molecule has 7 N–H and O–H groups in total. The Labute approximate surface area is 850 Å². The topological polar surface area (TPSA) is 303 Å². The molecular weight excluding hydrogens is 2010 g/mol. The molecule has 0 saturated carbocycles. The van der Waals surface area contributed by atoms with Crippen LogP contribution < -0.4 is 58.8 Å². The molecule has 0 spiro atoms. The van der Waals surface area contributed by atoms with E-state index >= 15 is 26.3 Å². The van der Waals surface area contributed by atoms with E-state index in [4.69, 9.17) is 122 Å². The Morgan fingerprint density at radius 1 is 0.411 bits per heavy atom. The first-order valence-electron chi connectivity index (χ1n) is 44.7. The van der Waals surface area contributed by atoms with Crippen molar-refractivity contribution in [2.75, 3.05) is 88.4 Å². The summed E-state index contributed by atoms with van der Waals surface area (Å²) in [6.07, 6.45) is 9.45. The predicted molar refractivity (Wildman–Crippen MR) is 551 cm³/mol. The van der Waals surface area contributed by atoms with Crippen molar-refractivity contribution >= 4 is 212 Å². The number of amides is 5. The van der Waals surface area contributed by atoms with Crippen LogP contribution in [-0.4, -0.2) is 155 Å². The summed E-state index contributed by atoms with van der Waals surface area (Å²) in [6.45, 7) is 34.1. The Morgan fingerprint density at radius 2 is 0.745 bits per heavy atom. The molecule has 3 saturated heterocycles. The number of halogens is 15. The Kier molecular flexibility index (Phi) is 27.9. The first-order valence-corrected chi connectivity index (χ1v) is 48.1. The van der Waals surface area contributed by atoms with E-state index in [1.807, 2.05) is 55.4 Å². The summed E-state index contributed by atoms with van der Waals surface area (Å²) in [6, 6.07) is 9.82. The minimum atomic E-state index is -1.07. The highest BCUT2D eigenvalue weighted by Crippen LogP contribution is 2.54. The highest BCUT2D eigenvalue weighted by atomic mass is 35.5. The van der Waals surface area contributed by atoms with Gasteiger partial charge in [-0.05, 0) is 162 Å². The number of nitrogens with zero attached hydrogens (tertiary/aromatic N) is 13. The zero-order valence-corrected chi connectivity index (χ0v) is 84.9. The maximum Gasteiger partial charge on any atom is 0.281 e. The lowest BCUT2D eigenvalue weighted by Gasteiger charge is -2.50. The van der Waals surface area contributed by atoms with E-state index in [-0.39, 0.29) is 187 Å². The summed E-state index contributed by atoms with van der Waals surface area (Å²) in [4.78, 5) is 135. The zero-order valence-electron chi connectivity index (χ0n) is 78.1. The van der Waals surface area contributed by atoms with Crippen molar-refractivity contribution in [1.29, 1.82) is 0 Å². The summed E-state index contributed by atoms with van der Waals surface area (Å²) in [5, 5.41) is 1.29. The van der Waals surface area contributed by atoms with Gasteiger partial charge in [0, 0.05) is 131 Å². The maximum absolute atomic E-state index is 17.6. The molecule has 6 aromatic carbocycles. The van der Waals surface area contributed by atoms with Gasteiger partial charge < -0.3 is 56.8 Å². The molecule has 6 aliphatic rings. The van der Waals surface area contributed by atoms with E-state index in [0.717, 1.165) is 22.8 Å². The van der Waals surface area contributed by atoms with Crippen molar-refractivity contribution in [2.24, 2.45) is 0 Å². The number of hydrogen-bond donors (Lipinski definition) is 4.